The molecule has 0 bridgehead atoms. The Morgan fingerprint density at radius 2 is 1.95 bits per heavy atom. The largest absolute Gasteiger partial charge is 0.375 e. The van der Waals surface area contributed by atoms with E-state index >= 15 is 0 Å². The molecule has 1 heterocycles. The van der Waals surface area contributed by atoms with Crippen molar-refractivity contribution in [3.63, 3.8) is 0 Å². The lowest BCUT2D eigenvalue weighted by molar-refractivity contribution is -0.384. The van der Waals surface area contributed by atoms with Gasteiger partial charge in [0.05, 0.1) is 10.4 Å². The molecule has 3 rings (SSSR count). The van der Waals surface area contributed by atoms with Crippen LogP contribution in [0.4, 0.5) is 11.4 Å². The molecule has 0 saturated heterocycles. The van der Waals surface area contributed by atoms with E-state index in [0.29, 0.717) is 17.7 Å². The van der Waals surface area contributed by atoms with E-state index in [0.717, 1.165) is 15.4 Å². The van der Waals surface area contributed by atoms with Crippen molar-refractivity contribution < 1.29 is 4.92 Å². The number of aromatic nitrogens is 1. The smallest absolute Gasteiger partial charge is 0.311 e. The third-order valence-electron chi connectivity index (χ3n) is 3.32. The maximum atomic E-state index is 11.3. The number of nitrogens with one attached hydrogen (secondary N) is 1. The molecule has 1 N–H and O–H groups in total. The van der Waals surface area contributed by atoms with E-state index < -0.39 is 4.92 Å². The fourth-order valence-electron chi connectivity index (χ4n) is 2.26. The van der Waals surface area contributed by atoms with Crippen molar-refractivity contribution in [2.24, 2.45) is 0 Å². The zero-order valence-corrected chi connectivity index (χ0v) is 13.1. The van der Waals surface area contributed by atoms with Gasteiger partial charge in [-0.25, -0.2) is 4.98 Å². The summed E-state index contributed by atoms with van der Waals surface area (Å²) in [6, 6.07) is 15.3. The highest BCUT2D eigenvalue weighted by atomic mass is 79.9. The van der Waals surface area contributed by atoms with Gasteiger partial charge < -0.3 is 5.32 Å². The van der Waals surface area contributed by atoms with Gasteiger partial charge in [0, 0.05) is 16.4 Å². The summed E-state index contributed by atoms with van der Waals surface area (Å²) in [5.74, 6) is 0. The first-order valence-corrected chi connectivity index (χ1v) is 7.45. The van der Waals surface area contributed by atoms with Gasteiger partial charge in [-0.15, -0.1) is 0 Å². The van der Waals surface area contributed by atoms with Gasteiger partial charge >= 0.3 is 5.69 Å². The SMILES string of the molecule is O=[N+]([O-])c1cnc2ccc(Br)cc2c1NCc1ccccc1. The molecule has 0 saturated carbocycles. The van der Waals surface area contributed by atoms with Crippen LogP contribution < -0.4 is 5.32 Å². The number of hydrogen-bond donors (Lipinski definition) is 1. The van der Waals surface area contributed by atoms with Gasteiger partial charge in [-0.1, -0.05) is 46.3 Å². The summed E-state index contributed by atoms with van der Waals surface area (Å²) >= 11 is 3.40. The van der Waals surface area contributed by atoms with Crippen LogP contribution in [0.25, 0.3) is 10.9 Å². The van der Waals surface area contributed by atoms with Crippen molar-refractivity contribution in [2.45, 2.75) is 6.54 Å². The average Bonchev–Trinajstić information content (AvgIpc) is 2.53. The maximum absolute atomic E-state index is 11.3. The lowest BCUT2D eigenvalue weighted by Crippen LogP contribution is -2.04. The first kappa shape index (κ1) is 14.5. The molecule has 0 amide bonds. The Morgan fingerprint density at radius 3 is 2.68 bits per heavy atom. The minimum atomic E-state index is -0.416. The minimum Gasteiger partial charge on any atom is -0.375 e. The Kier molecular flexibility index (Phi) is 4.02. The molecule has 1 aromatic heterocycles. The fraction of sp³-hybridized carbons (Fsp3) is 0.0625. The van der Waals surface area contributed by atoms with E-state index in [1.807, 2.05) is 48.5 Å². The van der Waals surface area contributed by atoms with E-state index in [9.17, 15) is 10.1 Å². The Labute approximate surface area is 135 Å². The molecular formula is C16H12BrN3O2. The highest BCUT2D eigenvalue weighted by Crippen LogP contribution is 2.33. The van der Waals surface area contributed by atoms with E-state index in [4.69, 9.17) is 0 Å². The molecular weight excluding hydrogens is 346 g/mol. The van der Waals surface area contributed by atoms with Crippen LogP contribution in [0, 0.1) is 10.1 Å². The Balaban J connectivity index is 2.06. The van der Waals surface area contributed by atoms with Gasteiger partial charge in [0.15, 0.2) is 0 Å². The molecule has 0 aliphatic carbocycles. The molecule has 0 aliphatic rings. The Bertz CT molecular complexity index is 837. The predicted molar refractivity (Wildman–Crippen MR) is 89.9 cm³/mol. The average molecular weight is 358 g/mol. The summed E-state index contributed by atoms with van der Waals surface area (Å²) in [6.45, 7) is 0.507. The summed E-state index contributed by atoms with van der Waals surface area (Å²) in [7, 11) is 0. The molecule has 2 aromatic carbocycles. The van der Waals surface area contributed by atoms with Crippen molar-refractivity contribution in [1.82, 2.24) is 4.98 Å². The molecule has 0 radical (unpaired) electrons. The number of anilines is 1. The number of hydrogen-bond acceptors (Lipinski definition) is 4. The van der Waals surface area contributed by atoms with Gasteiger partial charge in [0.25, 0.3) is 0 Å². The van der Waals surface area contributed by atoms with Crippen LogP contribution in [0.3, 0.4) is 0 Å². The lowest BCUT2D eigenvalue weighted by Gasteiger charge is -2.10. The second-order valence-electron chi connectivity index (χ2n) is 4.78. The summed E-state index contributed by atoms with van der Waals surface area (Å²) in [6.07, 6.45) is 1.30. The molecule has 6 heteroatoms. The highest BCUT2D eigenvalue weighted by molar-refractivity contribution is 9.10. The Morgan fingerprint density at radius 1 is 1.18 bits per heavy atom. The predicted octanol–water partition coefficient (Wildman–Crippen LogP) is 4.52. The summed E-state index contributed by atoms with van der Waals surface area (Å²) in [5.41, 5.74) is 2.22. The second kappa shape index (κ2) is 6.11. The number of pyridine rings is 1. The molecule has 110 valence electrons. The van der Waals surface area contributed by atoms with Crippen molar-refractivity contribution in [3.8, 4) is 0 Å². The van der Waals surface area contributed by atoms with E-state index in [1.165, 1.54) is 6.20 Å². The summed E-state index contributed by atoms with van der Waals surface area (Å²) < 4.78 is 0.852. The number of halogens is 1. The van der Waals surface area contributed by atoms with Gasteiger partial charge in [0.2, 0.25) is 0 Å². The van der Waals surface area contributed by atoms with E-state index in [2.05, 4.69) is 26.2 Å². The van der Waals surface area contributed by atoms with E-state index in [-0.39, 0.29) is 5.69 Å². The second-order valence-corrected chi connectivity index (χ2v) is 5.69. The minimum absolute atomic E-state index is 0.0264. The third kappa shape index (κ3) is 2.92. The number of nitrogens with zero attached hydrogens (tertiary/aromatic N) is 2. The van der Waals surface area contributed by atoms with Gasteiger partial charge in [-0.2, -0.15) is 0 Å². The molecule has 3 aromatic rings. The van der Waals surface area contributed by atoms with Crippen LogP contribution in [0.5, 0.6) is 0 Å². The van der Waals surface area contributed by atoms with Crippen molar-refractivity contribution in [3.05, 3.63) is 74.9 Å². The van der Waals surface area contributed by atoms with Crippen LogP contribution in [0.15, 0.2) is 59.2 Å². The normalized spacial score (nSPS) is 10.6. The van der Waals surface area contributed by atoms with Crippen LogP contribution in [-0.2, 0) is 6.54 Å². The molecule has 0 spiro atoms. The van der Waals surface area contributed by atoms with Crippen LogP contribution >= 0.6 is 15.9 Å². The van der Waals surface area contributed by atoms with Crippen molar-refractivity contribution >= 4 is 38.2 Å². The number of benzene rings is 2. The number of rotatable bonds is 4. The quantitative estimate of drug-likeness (QED) is 0.550. The first-order valence-electron chi connectivity index (χ1n) is 6.65. The van der Waals surface area contributed by atoms with Gasteiger partial charge in [-0.05, 0) is 23.8 Å². The van der Waals surface area contributed by atoms with Crippen molar-refractivity contribution in [1.29, 1.82) is 0 Å². The van der Waals surface area contributed by atoms with Crippen LogP contribution in [-0.4, -0.2) is 9.91 Å². The van der Waals surface area contributed by atoms with Gasteiger partial charge in [-0.3, -0.25) is 10.1 Å². The lowest BCUT2D eigenvalue weighted by atomic mass is 10.1. The highest BCUT2D eigenvalue weighted by Gasteiger charge is 2.18. The molecule has 0 unspecified atom stereocenters. The number of fused-ring (bicyclic) bond motifs is 1. The first-order chi connectivity index (χ1) is 10.6. The van der Waals surface area contributed by atoms with Gasteiger partial charge in [0.1, 0.15) is 11.9 Å². The molecule has 22 heavy (non-hydrogen) atoms. The topological polar surface area (TPSA) is 68.1 Å². The molecule has 0 fully saturated rings. The van der Waals surface area contributed by atoms with Crippen LogP contribution in [0.2, 0.25) is 0 Å². The monoisotopic (exact) mass is 357 g/mol. The standard InChI is InChI=1S/C16H12BrN3O2/c17-12-6-7-14-13(8-12)16(15(10-18-14)20(21)22)19-9-11-4-2-1-3-5-11/h1-8,10H,9H2,(H,18,19). The summed E-state index contributed by atoms with van der Waals surface area (Å²) in [4.78, 5) is 15.0. The molecule has 0 aliphatic heterocycles. The zero-order chi connectivity index (χ0) is 15.5. The van der Waals surface area contributed by atoms with E-state index in [1.54, 1.807) is 0 Å². The molecule has 5 nitrogen and oxygen atoms in total. The zero-order valence-electron chi connectivity index (χ0n) is 11.5. The maximum Gasteiger partial charge on any atom is 0.311 e. The van der Waals surface area contributed by atoms with Crippen molar-refractivity contribution in [2.75, 3.05) is 5.32 Å². The molecule has 0 atom stereocenters. The van der Waals surface area contributed by atoms with Crippen LogP contribution in [0.1, 0.15) is 5.56 Å². The number of nitro groups is 1. The Hall–Kier alpha value is -2.47. The summed E-state index contributed by atoms with van der Waals surface area (Å²) in [5, 5.41) is 15.2. The fourth-order valence-corrected chi connectivity index (χ4v) is 2.63. The third-order valence-corrected chi connectivity index (χ3v) is 3.81.